The minimum atomic E-state index is -1.08. The number of aromatic nitrogens is 4. The second-order valence-electron chi connectivity index (χ2n) is 3.59. The van der Waals surface area contributed by atoms with E-state index in [9.17, 15) is 14.4 Å². The molecule has 0 aliphatic carbocycles. The second-order valence-corrected chi connectivity index (χ2v) is 3.59. The van der Waals surface area contributed by atoms with Crippen LogP contribution < -0.4 is 10.9 Å². The minimum Gasteiger partial charge on any atom is -0.481 e. The molecule has 9 heteroatoms. The van der Waals surface area contributed by atoms with Crippen molar-refractivity contribution in [1.29, 1.82) is 0 Å². The summed E-state index contributed by atoms with van der Waals surface area (Å²) in [5.41, 5.74) is -0.377. The lowest BCUT2D eigenvalue weighted by molar-refractivity contribution is -0.138. The number of carboxylic acids is 1. The summed E-state index contributed by atoms with van der Waals surface area (Å²) in [6.45, 7) is 0. The first-order chi connectivity index (χ1) is 9.06. The maximum Gasteiger partial charge on any atom is 0.303 e. The fourth-order valence-electron chi connectivity index (χ4n) is 1.35. The van der Waals surface area contributed by atoms with Crippen molar-refractivity contribution in [2.75, 3.05) is 5.32 Å². The van der Waals surface area contributed by atoms with Crippen LogP contribution in [0.15, 0.2) is 17.2 Å². The fraction of sp³-hybridized carbons (Fsp3) is 0.200. The molecule has 0 unspecified atom stereocenters. The first kappa shape index (κ1) is 12.6. The number of amides is 1. The molecule has 2 heterocycles. The van der Waals surface area contributed by atoms with Crippen LogP contribution in [0.25, 0.3) is 11.2 Å². The van der Waals surface area contributed by atoms with E-state index >= 15 is 0 Å². The number of anilines is 1. The number of carbonyl (C=O) groups excluding carboxylic acids is 1. The smallest absolute Gasteiger partial charge is 0.303 e. The highest BCUT2D eigenvalue weighted by Gasteiger charge is 2.09. The normalized spacial score (nSPS) is 10.3. The van der Waals surface area contributed by atoms with Crippen LogP contribution in [0.5, 0.6) is 0 Å². The van der Waals surface area contributed by atoms with Gasteiger partial charge in [0.2, 0.25) is 11.9 Å². The Morgan fingerprint density at radius 1 is 1.26 bits per heavy atom. The lowest BCUT2D eigenvalue weighted by atomic mass is 10.3. The number of nitrogens with one attached hydrogen (secondary N) is 2. The molecule has 98 valence electrons. The number of hydrogen-bond donors (Lipinski definition) is 3. The zero-order valence-corrected chi connectivity index (χ0v) is 9.58. The molecule has 1 amide bonds. The van der Waals surface area contributed by atoms with Crippen molar-refractivity contribution >= 4 is 29.0 Å². The Morgan fingerprint density at radius 2 is 2.00 bits per heavy atom. The average Bonchev–Trinajstić information content (AvgIpc) is 2.36. The van der Waals surface area contributed by atoms with Gasteiger partial charge in [0, 0.05) is 18.8 Å². The number of nitrogens with zero attached hydrogens (tertiary/aromatic N) is 3. The van der Waals surface area contributed by atoms with Gasteiger partial charge in [0.25, 0.3) is 5.56 Å². The number of carbonyl (C=O) groups is 2. The van der Waals surface area contributed by atoms with E-state index in [0.717, 1.165) is 0 Å². The Kier molecular flexibility index (Phi) is 3.46. The molecule has 0 saturated carbocycles. The first-order valence-corrected chi connectivity index (χ1v) is 5.29. The number of hydrogen-bond acceptors (Lipinski definition) is 6. The van der Waals surface area contributed by atoms with Gasteiger partial charge in [-0.3, -0.25) is 24.7 Å². The van der Waals surface area contributed by atoms with E-state index in [1.165, 1.54) is 12.4 Å². The van der Waals surface area contributed by atoms with Crippen molar-refractivity contribution in [3.63, 3.8) is 0 Å². The predicted octanol–water partition coefficient (Wildman–Crippen LogP) is -0.484. The van der Waals surface area contributed by atoms with E-state index in [1.54, 1.807) is 0 Å². The van der Waals surface area contributed by atoms with Crippen LogP contribution >= 0.6 is 0 Å². The predicted molar refractivity (Wildman–Crippen MR) is 63.5 cm³/mol. The highest BCUT2D eigenvalue weighted by atomic mass is 16.4. The topological polar surface area (TPSA) is 138 Å². The zero-order chi connectivity index (χ0) is 13.8. The third-order valence-electron chi connectivity index (χ3n) is 2.17. The summed E-state index contributed by atoms with van der Waals surface area (Å²) in [4.78, 5) is 47.2. The van der Waals surface area contributed by atoms with Gasteiger partial charge in [0.05, 0.1) is 6.42 Å². The molecule has 0 saturated heterocycles. The Morgan fingerprint density at radius 3 is 2.74 bits per heavy atom. The number of aliphatic carboxylic acids is 1. The molecule has 2 aromatic heterocycles. The Bertz CT molecular complexity index is 696. The van der Waals surface area contributed by atoms with Gasteiger partial charge in [0.15, 0.2) is 11.2 Å². The number of carboxylic acid groups (broad SMARTS) is 1. The summed E-state index contributed by atoms with van der Waals surface area (Å²) in [6, 6.07) is 0. The summed E-state index contributed by atoms with van der Waals surface area (Å²) >= 11 is 0. The van der Waals surface area contributed by atoms with Crippen LogP contribution in [-0.4, -0.2) is 36.9 Å². The quantitative estimate of drug-likeness (QED) is 0.676. The summed E-state index contributed by atoms with van der Waals surface area (Å²) < 4.78 is 0. The molecule has 0 atom stereocenters. The molecule has 0 bridgehead atoms. The molecule has 0 radical (unpaired) electrons. The summed E-state index contributed by atoms with van der Waals surface area (Å²) in [6.07, 6.45) is 2.20. The molecule has 2 aromatic rings. The lowest BCUT2D eigenvalue weighted by Gasteiger charge is -2.03. The van der Waals surface area contributed by atoms with E-state index in [-0.39, 0.29) is 30.0 Å². The minimum absolute atomic E-state index is 0.0611. The Hall–Kier alpha value is -2.84. The number of rotatable bonds is 4. The SMILES string of the molecule is O=C(O)CCC(=O)Nc1nc2nccnc2c(=O)[nH]1. The van der Waals surface area contributed by atoms with Gasteiger partial charge < -0.3 is 5.11 Å². The van der Waals surface area contributed by atoms with Gasteiger partial charge in [-0.25, -0.2) is 9.97 Å². The van der Waals surface area contributed by atoms with Crippen LogP contribution in [0.3, 0.4) is 0 Å². The summed E-state index contributed by atoms with van der Waals surface area (Å²) in [5, 5.41) is 10.7. The maximum absolute atomic E-state index is 11.6. The monoisotopic (exact) mass is 263 g/mol. The van der Waals surface area contributed by atoms with E-state index in [4.69, 9.17) is 5.11 Å². The fourth-order valence-corrected chi connectivity index (χ4v) is 1.35. The second kappa shape index (κ2) is 5.21. The Labute approximate surface area is 105 Å². The van der Waals surface area contributed by atoms with Crippen molar-refractivity contribution in [1.82, 2.24) is 19.9 Å². The van der Waals surface area contributed by atoms with E-state index in [0.29, 0.717) is 0 Å². The molecule has 9 nitrogen and oxygen atoms in total. The van der Waals surface area contributed by atoms with Crippen LogP contribution in [-0.2, 0) is 9.59 Å². The molecule has 0 aliphatic heterocycles. The van der Waals surface area contributed by atoms with E-state index in [2.05, 4.69) is 25.3 Å². The molecule has 0 fully saturated rings. The van der Waals surface area contributed by atoms with Crippen LogP contribution in [0.1, 0.15) is 12.8 Å². The average molecular weight is 263 g/mol. The van der Waals surface area contributed by atoms with Crippen molar-refractivity contribution < 1.29 is 14.7 Å². The zero-order valence-electron chi connectivity index (χ0n) is 9.58. The van der Waals surface area contributed by atoms with Gasteiger partial charge >= 0.3 is 5.97 Å². The van der Waals surface area contributed by atoms with Gasteiger partial charge in [-0.1, -0.05) is 0 Å². The molecular formula is C10H9N5O4. The van der Waals surface area contributed by atoms with Gasteiger partial charge in [-0.05, 0) is 0 Å². The van der Waals surface area contributed by atoms with Crippen molar-refractivity contribution in [2.24, 2.45) is 0 Å². The van der Waals surface area contributed by atoms with Crippen molar-refractivity contribution in [3.05, 3.63) is 22.7 Å². The molecule has 0 spiro atoms. The Balaban J connectivity index is 2.20. The van der Waals surface area contributed by atoms with Crippen molar-refractivity contribution in [3.8, 4) is 0 Å². The molecular weight excluding hydrogens is 254 g/mol. The highest BCUT2D eigenvalue weighted by molar-refractivity contribution is 5.91. The van der Waals surface area contributed by atoms with Crippen molar-refractivity contribution in [2.45, 2.75) is 12.8 Å². The largest absolute Gasteiger partial charge is 0.481 e. The lowest BCUT2D eigenvalue weighted by Crippen LogP contribution is -2.19. The highest BCUT2D eigenvalue weighted by Crippen LogP contribution is 2.03. The molecule has 0 aromatic carbocycles. The van der Waals surface area contributed by atoms with Gasteiger partial charge in [-0.2, -0.15) is 4.98 Å². The van der Waals surface area contributed by atoms with E-state index in [1.807, 2.05) is 0 Å². The molecule has 19 heavy (non-hydrogen) atoms. The molecule has 3 N–H and O–H groups in total. The number of aromatic amines is 1. The third kappa shape index (κ3) is 3.09. The maximum atomic E-state index is 11.6. The van der Waals surface area contributed by atoms with Gasteiger partial charge in [0.1, 0.15) is 0 Å². The van der Waals surface area contributed by atoms with E-state index < -0.39 is 17.4 Å². The standard InChI is InChI=1S/C10H9N5O4/c16-5(1-2-6(17)18)13-10-14-8-7(9(19)15-10)11-3-4-12-8/h3-4H,1-2H2,(H,17,18)(H2,12,13,14,15,16,19). The molecule has 0 aliphatic rings. The van der Waals surface area contributed by atoms with Crippen LogP contribution in [0.4, 0.5) is 5.95 Å². The third-order valence-corrected chi connectivity index (χ3v) is 2.17. The summed E-state index contributed by atoms with van der Waals surface area (Å²) in [5.74, 6) is -1.73. The molecule has 2 rings (SSSR count). The van der Waals surface area contributed by atoms with Crippen LogP contribution in [0, 0.1) is 0 Å². The first-order valence-electron chi connectivity index (χ1n) is 5.29. The summed E-state index contributed by atoms with van der Waals surface area (Å²) in [7, 11) is 0. The number of fused-ring (bicyclic) bond motifs is 1. The van der Waals surface area contributed by atoms with Crippen LogP contribution in [0.2, 0.25) is 0 Å². The number of H-pyrrole nitrogens is 1. The van der Waals surface area contributed by atoms with Gasteiger partial charge in [-0.15, -0.1) is 0 Å².